The van der Waals surface area contributed by atoms with Crippen LogP contribution in [-0.2, 0) is 0 Å². The fourth-order valence-electron chi connectivity index (χ4n) is 2.01. The number of hydrogen-bond acceptors (Lipinski definition) is 2. The van der Waals surface area contributed by atoms with Crippen LogP contribution in [0.3, 0.4) is 0 Å². The van der Waals surface area contributed by atoms with Crippen LogP contribution in [-0.4, -0.2) is 44.1 Å². The third-order valence-corrected chi connectivity index (χ3v) is 2.89. The van der Waals surface area contributed by atoms with E-state index in [9.17, 15) is 0 Å². The number of piperidine rings is 1. The highest BCUT2D eigenvalue weighted by Crippen LogP contribution is 2.10. The monoisotopic (exact) mass is 212 g/mol. The molecule has 15 heavy (non-hydrogen) atoms. The average Bonchev–Trinajstić information content (AvgIpc) is 2.27. The molecular formula is C11H24N4. The van der Waals surface area contributed by atoms with Crippen molar-refractivity contribution in [2.24, 2.45) is 16.6 Å². The molecule has 1 fully saturated rings. The highest BCUT2D eigenvalue weighted by atomic mass is 15.1. The van der Waals surface area contributed by atoms with Crippen LogP contribution in [0.25, 0.3) is 0 Å². The summed E-state index contributed by atoms with van der Waals surface area (Å²) in [7, 11) is 1.71. The summed E-state index contributed by atoms with van der Waals surface area (Å²) in [6.07, 6.45) is 4.12. The van der Waals surface area contributed by atoms with Gasteiger partial charge >= 0.3 is 0 Å². The van der Waals surface area contributed by atoms with Crippen molar-refractivity contribution in [3.8, 4) is 0 Å². The van der Waals surface area contributed by atoms with E-state index in [0.29, 0.717) is 11.9 Å². The third kappa shape index (κ3) is 5.02. The summed E-state index contributed by atoms with van der Waals surface area (Å²) in [5, 5.41) is 3.12. The van der Waals surface area contributed by atoms with E-state index in [1.807, 2.05) is 0 Å². The first-order chi connectivity index (χ1) is 7.22. The van der Waals surface area contributed by atoms with Crippen LogP contribution in [0.4, 0.5) is 0 Å². The number of guanidine groups is 1. The number of hydrogen-bond donors (Lipinski definition) is 2. The maximum atomic E-state index is 5.58. The Bertz CT molecular complexity index is 197. The van der Waals surface area contributed by atoms with Gasteiger partial charge in [-0.05, 0) is 31.8 Å². The van der Waals surface area contributed by atoms with Crippen molar-refractivity contribution in [3.63, 3.8) is 0 Å². The molecule has 0 bridgehead atoms. The van der Waals surface area contributed by atoms with Crippen molar-refractivity contribution in [1.29, 1.82) is 0 Å². The molecule has 0 spiro atoms. The second kappa shape index (κ2) is 6.67. The van der Waals surface area contributed by atoms with E-state index < -0.39 is 0 Å². The molecule has 0 aromatic heterocycles. The number of nitrogens with two attached hydrogens (primary N) is 1. The average molecular weight is 212 g/mol. The van der Waals surface area contributed by atoms with Gasteiger partial charge in [-0.2, -0.15) is 0 Å². The topological polar surface area (TPSA) is 53.6 Å². The number of likely N-dealkylation sites (tertiary alicyclic amines) is 1. The lowest BCUT2D eigenvalue weighted by Crippen LogP contribution is -2.40. The third-order valence-electron chi connectivity index (χ3n) is 2.89. The van der Waals surface area contributed by atoms with Crippen molar-refractivity contribution in [2.45, 2.75) is 26.2 Å². The molecule has 0 radical (unpaired) electrons. The van der Waals surface area contributed by atoms with Gasteiger partial charge in [-0.25, -0.2) is 0 Å². The van der Waals surface area contributed by atoms with E-state index in [-0.39, 0.29) is 0 Å². The molecule has 3 N–H and O–H groups in total. The Kier molecular flexibility index (Phi) is 5.47. The van der Waals surface area contributed by atoms with Gasteiger partial charge in [0.15, 0.2) is 5.96 Å². The molecule has 4 nitrogen and oxygen atoms in total. The molecule has 1 aliphatic rings. The Hall–Kier alpha value is -0.770. The molecule has 1 rings (SSSR count). The van der Waals surface area contributed by atoms with Crippen LogP contribution in [0.1, 0.15) is 26.2 Å². The molecule has 1 atom stereocenters. The Morgan fingerprint density at radius 3 is 2.67 bits per heavy atom. The van der Waals surface area contributed by atoms with Crippen molar-refractivity contribution in [1.82, 2.24) is 10.2 Å². The van der Waals surface area contributed by atoms with Gasteiger partial charge in [-0.15, -0.1) is 0 Å². The minimum atomic E-state index is 0.542. The first-order valence-electron chi connectivity index (χ1n) is 5.91. The van der Waals surface area contributed by atoms with Gasteiger partial charge in [-0.1, -0.05) is 13.3 Å². The summed E-state index contributed by atoms with van der Waals surface area (Å²) in [6.45, 7) is 6.87. The standard InChI is InChI=1S/C11H24N4/c1-10(8-14-11(12)13-2)9-15-6-4-3-5-7-15/h10H,3-9H2,1-2H3,(H3,12,13,14)/t10-/m1/s1. The minimum absolute atomic E-state index is 0.542. The lowest BCUT2D eigenvalue weighted by atomic mass is 10.1. The molecule has 88 valence electrons. The summed E-state index contributed by atoms with van der Waals surface area (Å²) in [5.41, 5.74) is 5.58. The summed E-state index contributed by atoms with van der Waals surface area (Å²) in [5.74, 6) is 1.17. The summed E-state index contributed by atoms with van der Waals surface area (Å²) < 4.78 is 0. The van der Waals surface area contributed by atoms with Gasteiger partial charge in [0, 0.05) is 20.1 Å². The van der Waals surface area contributed by atoms with E-state index in [2.05, 4.69) is 22.1 Å². The first-order valence-corrected chi connectivity index (χ1v) is 5.91. The fourth-order valence-corrected chi connectivity index (χ4v) is 2.01. The maximum absolute atomic E-state index is 5.58. The van der Waals surface area contributed by atoms with Gasteiger partial charge in [0.1, 0.15) is 0 Å². The van der Waals surface area contributed by atoms with E-state index in [0.717, 1.165) is 6.54 Å². The first kappa shape index (κ1) is 12.3. The van der Waals surface area contributed by atoms with Crippen molar-refractivity contribution in [2.75, 3.05) is 33.2 Å². The van der Waals surface area contributed by atoms with Gasteiger partial charge in [0.05, 0.1) is 0 Å². The predicted molar refractivity (Wildman–Crippen MR) is 65.0 cm³/mol. The Morgan fingerprint density at radius 2 is 2.07 bits per heavy atom. The van der Waals surface area contributed by atoms with Crippen LogP contribution in [0.2, 0.25) is 0 Å². The molecule has 1 aliphatic heterocycles. The van der Waals surface area contributed by atoms with E-state index in [1.165, 1.54) is 38.9 Å². The van der Waals surface area contributed by atoms with Crippen LogP contribution in [0.5, 0.6) is 0 Å². The SMILES string of the molecule is CN=C(N)NC[C@@H](C)CN1CCCCC1. The molecule has 1 heterocycles. The molecule has 0 aliphatic carbocycles. The van der Waals surface area contributed by atoms with E-state index >= 15 is 0 Å². The lowest BCUT2D eigenvalue weighted by Gasteiger charge is -2.29. The zero-order chi connectivity index (χ0) is 11.1. The van der Waals surface area contributed by atoms with E-state index in [1.54, 1.807) is 7.05 Å². The molecule has 4 heteroatoms. The van der Waals surface area contributed by atoms with Crippen LogP contribution in [0, 0.1) is 5.92 Å². The molecule has 0 amide bonds. The number of nitrogens with zero attached hydrogens (tertiary/aromatic N) is 2. The second-order valence-corrected chi connectivity index (χ2v) is 4.46. The van der Waals surface area contributed by atoms with Crippen LogP contribution < -0.4 is 11.1 Å². The van der Waals surface area contributed by atoms with Gasteiger partial charge in [0.25, 0.3) is 0 Å². The van der Waals surface area contributed by atoms with Crippen molar-refractivity contribution >= 4 is 5.96 Å². The Morgan fingerprint density at radius 1 is 1.40 bits per heavy atom. The van der Waals surface area contributed by atoms with Gasteiger partial charge < -0.3 is 16.0 Å². The predicted octanol–water partition coefficient (Wildman–Crippen LogP) is 0.643. The zero-order valence-electron chi connectivity index (χ0n) is 10.00. The molecule has 1 saturated heterocycles. The number of aliphatic imine (C=N–C) groups is 1. The molecule has 0 aromatic rings. The Labute approximate surface area is 92.9 Å². The fraction of sp³-hybridized carbons (Fsp3) is 0.909. The molecule has 0 unspecified atom stereocenters. The molecule has 0 saturated carbocycles. The summed E-state index contributed by atoms with van der Waals surface area (Å²) in [6, 6.07) is 0. The van der Waals surface area contributed by atoms with Crippen LogP contribution in [0.15, 0.2) is 4.99 Å². The molecular weight excluding hydrogens is 188 g/mol. The van der Waals surface area contributed by atoms with Gasteiger partial charge in [0.2, 0.25) is 0 Å². The van der Waals surface area contributed by atoms with E-state index in [4.69, 9.17) is 5.73 Å². The normalized spacial score (nSPS) is 21.3. The van der Waals surface area contributed by atoms with Crippen molar-refractivity contribution in [3.05, 3.63) is 0 Å². The minimum Gasteiger partial charge on any atom is -0.370 e. The number of nitrogens with one attached hydrogen (secondary N) is 1. The zero-order valence-corrected chi connectivity index (χ0v) is 10.00. The second-order valence-electron chi connectivity index (χ2n) is 4.46. The summed E-state index contributed by atoms with van der Waals surface area (Å²) >= 11 is 0. The highest BCUT2D eigenvalue weighted by molar-refractivity contribution is 5.77. The number of rotatable bonds is 4. The quantitative estimate of drug-likeness (QED) is 0.531. The Balaban J connectivity index is 2.14. The largest absolute Gasteiger partial charge is 0.370 e. The van der Waals surface area contributed by atoms with Crippen LogP contribution >= 0.6 is 0 Å². The molecule has 0 aromatic carbocycles. The van der Waals surface area contributed by atoms with Crippen molar-refractivity contribution < 1.29 is 0 Å². The lowest BCUT2D eigenvalue weighted by molar-refractivity contribution is 0.201. The summed E-state index contributed by atoms with van der Waals surface area (Å²) in [4.78, 5) is 6.43. The van der Waals surface area contributed by atoms with Gasteiger partial charge in [-0.3, -0.25) is 4.99 Å². The highest BCUT2D eigenvalue weighted by Gasteiger charge is 2.13. The maximum Gasteiger partial charge on any atom is 0.188 e. The smallest absolute Gasteiger partial charge is 0.188 e.